The smallest absolute Gasteiger partial charge is 0.323 e. The fourth-order valence-electron chi connectivity index (χ4n) is 4.92. The van der Waals surface area contributed by atoms with Gasteiger partial charge in [0.15, 0.2) is 5.41 Å². The number of rotatable bonds is 11. The summed E-state index contributed by atoms with van der Waals surface area (Å²) in [5.74, 6) is -0.224. The average molecular weight is 506 g/mol. The molecule has 0 saturated heterocycles. The summed E-state index contributed by atoms with van der Waals surface area (Å²) in [6.07, 6.45) is 5.69. The summed E-state index contributed by atoms with van der Waals surface area (Å²) in [5, 5.41) is 3.63. The first-order valence-corrected chi connectivity index (χ1v) is 13.0. The minimum absolute atomic E-state index is 0.0438. The maximum atomic E-state index is 13.0. The lowest BCUT2D eigenvalue weighted by molar-refractivity contribution is -0.171. The number of nitrogens with one attached hydrogen (secondary N) is 1. The largest absolute Gasteiger partial charge is 0.497 e. The summed E-state index contributed by atoms with van der Waals surface area (Å²) in [7, 11) is 1.66. The van der Waals surface area contributed by atoms with Crippen LogP contribution in [0.2, 0.25) is 0 Å². The van der Waals surface area contributed by atoms with Crippen molar-refractivity contribution >= 4 is 17.6 Å². The third-order valence-electron chi connectivity index (χ3n) is 6.86. The molecule has 1 aliphatic carbocycles. The Balaban J connectivity index is 1.84. The van der Waals surface area contributed by atoms with Gasteiger partial charge >= 0.3 is 11.9 Å². The molecular weight excluding hydrogens is 466 g/mol. The summed E-state index contributed by atoms with van der Waals surface area (Å²) in [6, 6.07) is 18.2. The number of ether oxygens (including phenoxy) is 3. The van der Waals surface area contributed by atoms with Gasteiger partial charge in [-0.1, -0.05) is 53.6 Å². The Labute approximate surface area is 220 Å². The number of methoxy groups -OCH3 is 1. The van der Waals surface area contributed by atoms with Crippen LogP contribution in [-0.4, -0.2) is 32.3 Å². The molecule has 1 saturated carbocycles. The van der Waals surface area contributed by atoms with Gasteiger partial charge < -0.3 is 19.5 Å². The summed E-state index contributed by atoms with van der Waals surface area (Å²) in [4.78, 5) is 26.0. The maximum Gasteiger partial charge on any atom is 0.323 e. The number of esters is 2. The highest BCUT2D eigenvalue weighted by molar-refractivity contribution is 6.01. The number of hydrogen-bond donors (Lipinski definition) is 1. The molecule has 0 radical (unpaired) electrons. The van der Waals surface area contributed by atoms with Crippen LogP contribution in [0.4, 0.5) is 5.69 Å². The van der Waals surface area contributed by atoms with Crippen LogP contribution in [0.25, 0.3) is 0 Å². The van der Waals surface area contributed by atoms with Gasteiger partial charge in [-0.25, -0.2) is 0 Å². The van der Waals surface area contributed by atoms with Gasteiger partial charge in [-0.3, -0.25) is 9.59 Å². The molecule has 6 heteroatoms. The van der Waals surface area contributed by atoms with Crippen molar-refractivity contribution in [1.82, 2.24) is 0 Å². The number of hydrogen-bond acceptors (Lipinski definition) is 6. The highest BCUT2D eigenvalue weighted by Crippen LogP contribution is 2.49. The SMILES string of the molecule is CCOC(=O)C1(C(=O)OCC)CC(=C(C)C)[C@H](/C=C/C[C@@H](Nc2ccc(OC)cc2)c2ccccc2)C1. The van der Waals surface area contributed by atoms with E-state index in [9.17, 15) is 9.59 Å². The van der Waals surface area contributed by atoms with E-state index < -0.39 is 17.4 Å². The first kappa shape index (κ1) is 28.0. The molecular formula is C31H39NO5. The zero-order chi connectivity index (χ0) is 26.8. The van der Waals surface area contributed by atoms with E-state index in [1.165, 1.54) is 5.56 Å². The lowest BCUT2D eigenvalue weighted by Gasteiger charge is -2.24. The molecule has 6 nitrogen and oxygen atoms in total. The van der Waals surface area contributed by atoms with Crippen LogP contribution in [0.3, 0.4) is 0 Å². The van der Waals surface area contributed by atoms with E-state index in [0.717, 1.165) is 29.0 Å². The number of benzene rings is 2. The van der Waals surface area contributed by atoms with Crippen molar-refractivity contribution in [3.63, 3.8) is 0 Å². The van der Waals surface area contributed by atoms with Gasteiger partial charge in [-0.2, -0.15) is 0 Å². The maximum absolute atomic E-state index is 13.0. The molecule has 1 N–H and O–H groups in total. The zero-order valence-electron chi connectivity index (χ0n) is 22.6. The van der Waals surface area contributed by atoms with Crippen molar-refractivity contribution in [3.05, 3.63) is 83.5 Å². The predicted octanol–water partition coefficient (Wildman–Crippen LogP) is 6.65. The number of allylic oxidation sites excluding steroid dienone is 3. The molecule has 2 aromatic carbocycles. The molecule has 37 heavy (non-hydrogen) atoms. The van der Waals surface area contributed by atoms with E-state index in [0.29, 0.717) is 12.8 Å². The van der Waals surface area contributed by atoms with Crippen molar-refractivity contribution in [2.45, 2.75) is 53.0 Å². The van der Waals surface area contributed by atoms with Crippen LogP contribution in [0.15, 0.2) is 77.9 Å². The Morgan fingerprint density at radius 2 is 1.62 bits per heavy atom. The van der Waals surface area contributed by atoms with Crippen molar-refractivity contribution in [2.24, 2.45) is 11.3 Å². The van der Waals surface area contributed by atoms with Crippen molar-refractivity contribution in [3.8, 4) is 5.75 Å². The molecule has 2 aromatic rings. The van der Waals surface area contributed by atoms with Crippen LogP contribution < -0.4 is 10.1 Å². The standard InChI is InChI=1S/C31H39NO5/c1-6-36-29(33)31(30(34)37-7-2)20-24(27(21-31)22(3)4)14-11-15-28(23-12-9-8-10-13-23)32-25-16-18-26(35-5)19-17-25/h8-14,16-19,24,28,32H,6-7,15,20-21H2,1-5H3/b14-11+/t24-,28-/m1/s1. The fourth-order valence-corrected chi connectivity index (χ4v) is 4.92. The minimum atomic E-state index is -1.30. The van der Waals surface area contributed by atoms with Gasteiger partial charge in [0, 0.05) is 5.69 Å². The van der Waals surface area contributed by atoms with E-state index in [1.54, 1.807) is 21.0 Å². The average Bonchev–Trinajstić information content (AvgIpc) is 3.31. The summed E-state index contributed by atoms with van der Waals surface area (Å²) < 4.78 is 16.0. The number of carbonyl (C=O) groups excluding carboxylic acids is 2. The van der Waals surface area contributed by atoms with Crippen molar-refractivity contribution < 1.29 is 23.8 Å². The van der Waals surface area contributed by atoms with Gasteiger partial charge in [0.1, 0.15) is 5.75 Å². The van der Waals surface area contributed by atoms with E-state index in [4.69, 9.17) is 14.2 Å². The molecule has 0 aliphatic heterocycles. The topological polar surface area (TPSA) is 73.9 Å². The molecule has 3 rings (SSSR count). The Bertz CT molecular complexity index is 1080. The van der Waals surface area contributed by atoms with Gasteiger partial charge in [0.2, 0.25) is 0 Å². The Morgan fingerprint density at radius 3 is 2.16 bits per heavy atom. The number of anilines is 1. The normalized spacial score (nSPS) is 17.3. The van der Waals surface area contributed by atoms with E-state index in [-0.39, 0.29) is 25.2 Å². The van der Waals surface area contributed by atoms with Crippen LogP contribution >= 0.6 is 0 Å². The van der Waals surface area contributed by atoms with E-state index in [2.05, 4.69) is 29.6 Å². The lowest BCUT2D eigenvalue weighted by Crippen LogP contribution is -2.40. The molecule has 198 valence electrons. The quantitative estimate of drug-likeness (QED) is 0.209. The molecule has 0 unspecified atom stereocenters. The number of carbonyl (C=O) groups is 2. The van der Waals surface area contributed by atoms with Crippen LogP contribution in [-0.2, 0) is 19.1 Å². The summed E-state index contributed by atoms with van der Waals surface area (Å²) >= 11 is 0. The fraction of sp³-hybridized carbons (Fsp3) is 0.419. The molecule has 0 heterocycles. The molecule has 0 bridgehead atoms. The monoisotopic (exact) mass is 505 g/mol. The Kier molecular flexibility index (Phi) is 9.95. The second-order valence-corrected chi connectivity index (χ2v) is 9.54. The molecule has 2 atom stereocenters. The van der Waals surface area contributed by atoms with Crippen molar-refractivity contribution in [1.29, 1.82) is 0 Å². The van der Waals surface area contributed by atoms with Gasteiger partial charge in [0.05, 0.1) is 26.4 Å². The van der Waals surface area contributed by atoms with Crippen LogP contribution in [0.1, 0.15) is 58.6 Å². The lowest BCUT2D eigenvalue weighted by atomic mass is 9.85. The van der Waals surface area contributed by atoms with Gasteiger partial charge in [-0.05, 0) is 82.7 Å². The zero-order valence-corrected chi connectivity index (χ0v) is 22.6. The second-order valence-electron chi connectivity index (χ2n) is 9.54. The molecule has 0 spiro atoms. The Morgan fingerprint density at radius 1 is 1.00 bits per heavy atom. The first-order chi connectivity index (χ1) is 17.8. The van der Waals surface area contributed by atoms with Crippen molar-refractivity contribution in [2.75, 3.05) is 25.6 Å². The van der Waals surface area contributed by atoms with Gasteiger partial charge in [0.25, 0.3) is 0 Å². The minimum Gasteiger partial charge on any atom is -0.497 e. The summed E-state index contributed by atoms with van der Waals surface area (Å²) in [6.45, 7) is 8.01. The van der Waals surface area contributed by atoms with Gasteiger partial charge in [-0.15, -0.1) is 0 Å². The van der Waals surface area contributed by atoms with Crippen LogP contribution in [0, 0.1) is 11.3 Å². The third kappa shape index (κ3) is 6.82. The molecule has 1 fully saturated rings. The van der Waals surface area contributed by atoms with E-state index >= 15 is 0 Å². The highest BCUT2D eigenvalue weighted by Gasteiger charge is 2.55. The molecule has 1 aliphatic rings. The predicted molar refractivity (Wildman–Crippen MR) is 146 cm³/mol. The van der Waals surface area contributed by atoms with E-state index in [1.807, 2.05) is 56.3 Å². The summed E-state index contributed by atoms with van der Waals surface area (Å²) in [5.41, 5.74) is 3.08. The highest BCUT2D eigenvalue weighted by atomic mass is 16.6. The molecule has 0 aromatic heterocycles. The molecule has 0 amide bonds. The Hall–Kier alpha value is -3.54. The third-order valence-corrected chi connectivity index (χ3v) is 6.86. The van der Waals surface area contributed by atoms with Crippen LogP contribution in [0.5, 0.6) is 5.75 Å². The first-order valence-electron chi connectivity index (χ1n) is 13.0. The second kappa shape index (κ2) is 13.1.